The maximum Gasteiger partial charge on any atom is 0.321 e. The molecular formula is C12H18N2O4. The fourth-order valence-corrected chi connectivity index (χ4v) is 1.76. The van der Waals surface area contributed by atoms with E-state index in [1.54, 1.807) is 6.92 Å². The van der Waals surface area contributed by atoms with E-state index in [-0.39, 0.29) is 5.97 Å². The smallest absolute Gasteiger partial charge is 0.321 e. The summed E-state index contributed by atoms with van der Waals surface area (Å²) in [7, 11) is 0. The van der Waals surface area contributed by atoms with E-state index in [1.165, 1.54) is 0 Å². The molecule has 2 rings (SSSR count). The van der Waals surface area contributed by atoms with Gasteiger partial charge in [0.2, 0.25) is 5.89 Å². The lowest BCUT2D eigenvalue weighted by Crippen LogP contribution is -2.23. The first-order valence-corrected chi connectivity index (χ1v) is 6.31. The minimum atomic E-state index is -0.674. The van der Waals surface area contributed by atoms with Gasteiger partial charge in [0.25, 0.3) is 0 Å². The Morgan fingerprint density at radius 3 is 2.78 bits per heavy atom. The van der Waals surface area contributed by atoms with Crippen molar-refractivity contribution < 1.29 is 18.8 Å². The number of nitrogens with zero attached hydrogens (tertiary/aromatic N) is 2. The van der Waals surface area contributed by atoms with E-state index >= 15 is 0 Å². The number of hydrogen-bond acceptors (Lipinski definition) is 6. The summed E-state index contributed by atoms with van der Waals surface area (Å²) in [5.74, 6) is 0.700. The van der Waals surface area contributed by atoms with E-state index in [9.17, 15) is 4.79 Å². The van der Waals surface area contributed by atoms with E-state index in [1.807, 2.05) is 6.92 Å². The van der Waals surface area contributed by atoms with Gasteiger partial charge in [-0.25, -0.2) is 0 Å². The summed E-state index contributed by atoms with van der Waals surface area (Å²) in [5.41, 5.74) is -0.674. The summed E-state index contributed by atoms with van der Waals surface area (Å²) in [6, 6.07) is 0. The zero-order chi connectivity index (χ0) is 13.0. The molecule has 6 nitrogen and oxygen atoms in total. The predicted octanol–water partition coefficient (Wildman–Crippen LogP) is 1.24. The molecule has 0 N–H and O–H groups in total. The fourth-order valence-electron chi connectivity index (χ4n) is 1.76. The molecule has 1 aromatic rings. The molecule has 0 aliphatic heterocycles. The summed E-state index contributed by atoms with van der Waals surface area (Å²) >= 11 is 0. The van der Waals surface area contributed by atoms with E-state index in [2.05, 4.69) is 10.1 Å². The summed E-state index contributed by atoms with van der Waals surface area (Å²) < 4.78 is 15.4. The molecule has 0 saturated heterocycles. The van der Waals surface area contributed by atoms with Crippen molar-refractivity contribution in [1.29, 1.82) is 0 Å². The zero-order valence-corrected chi connectivity index (χ0v) is 10.8. The van der Waals surface area contributed by atoms with Crippen molar-refractivity contribution in [3.05, 3.63) is 11.7 Å². The summed E-state index contributed by atoms with van der Waals surface area (Å²) in [6.45, 7) is 5.31. The molecule has 0 unspecified atom stereocenters. The van der Waals surface area contributed by atoms with Gasteiger partial charge < -0.3 is 14.0 Å². The highest BCUT2D eigenvalue weighted by molar-refractivity contribution is 5.85. The molecule has 100 valence electrons. The number of rotatable bonds is 7. The Morgan fingerprint density at radius 2 is 2.17 bits per heavy atom. The standard InChI is InChI=1S/C12H18N2O4/c1-3-16-8-5-9-13-10(18-14-9)12(6-7-12)11(15)17-4-2/h3-8H2,1-2H3. The normalized spacial score (nSPS) is 16.6. The van der Waals surface area contributed by atoms with Crippen LogP contribution in [0.25, 0.3) is 0 Å². The Balaban J connectivity index is 1.99. The average molecular weight is 254 g/mol. The molecule has 0 atom stereocenters. The van der Waals surface area contributed by atoms with Crippen LogP contribution >= 0.6 is 0 Å². The van der Waals surface area contributed by atoms with Gasteiger partial charge in [0.05, 0.1) is 13.2 Å². The molecular weight excluding hydrogens is 236 g/mol. The predicted molar refractivity (Wildman–Crippen MR) is 62.0 cm³/mol. The fraction of sp³-hybridized carbons (Fsp3) is 0.750. The molecule has 0 radical (unpaired) electrons. The zero-order valence-electron chi connectivity index (χ0n) is 10.8. The third-order valence-corrected chi connectivity index (χ3v) is 2.97. The number of hydrogen-bond donors (Lipinski definition) is 0. The molecule has 1 aliphatic carbocycles. The van der Waals surface area contributed by atoms with E-state index < -0.39 is 5.41 Å². The third kappa shape index (κ3) is 2.53. The Morgan fingerprint density at radius 1 is 1.39 bits per heavy atom. The number of carbonyl (C=O) groups is 1. The van der Waals surface area contributed by atoms with Crippen molar-refractivity contribution in [2.75, 3.05) is 19.8 Å². The second-order valence-corrected chi connectivity index (χ2v) is 4.27. The first-order valence-electron chi connectivity index (χ1n) is 6.31. The van der Waals surface area contributed by atoms with Gasteiger partial charge in [-0.3, -0.25) is 4.79 Å². The number of ether oxygens (including phenoxy) is 2. The summed E-state index contributed by atoms with van der Waals surface area (Å²) in [6.07, 6.45) is 2.04. The Bertz CT molecular complexity index is 412. The second kappa shape index (κ2) is 5.48. The molecule has 1 saturated carbocycles. The van der Waals surface area contributed by atoms with Crippen molar-refractivity contribution in [2.24, 2.45) is 0 Å². The molecule has 18 heavy (non-hydrogen) atoms. The molecule has 6 heteroatoms. The minimum absolute atomic E-state index is 0.259. The summed E-state index contributed by atoms with van der Waals surface area (Å²) in [5, 5.41) is 3.86. The molecule has 0 amide bonds. The van der Waals surface area contributed by atoms with Crippen molar-refractivity contribution in [3.63, 3.8) is 0 Å². The van der Waals surface area contributed by atoms with Crippen molar-refractivity contribution >= 4 is 5.97 Å². The van der Waals surface area contributed by atoms with Crippen LogP contribution in [0, 0.1) is 0 Å². The van der Waals surface area contributed by atoms with E-state index in [0.717, 1.165) is 12.8 Å². The van der Waals surface area contributed by atoms with Gasteiger partial charge in [-0.1, -0.05) is 5.16 Å². The van der Waals surface area contributed by atoms with Gasteiger partial charge in [0.1, 0.15) is 5.41 Å². The quantitative estimate of drug-likeness (QED) is 0.538. The topological polar surface area (TPSA) is 74.5 Å². The number of aromatic nitrogens is 2. The Kier molecular flexibility index (Phi) is 3.96. The van der Waals surface area contributed by atoms with Gasteiger partial charge in [0, 0.05) is 13.0 Å². The molecule has 1 fully saturated rings. The van der Waals surface area contributed by atoms with Gasteiger partial charge in [0.15, 0.2) is 5.82 Å². The lowest BCUT2D eigenvalue weighted by atomic mass is 10.1. The maximum absolute atomic E-state index is 11.8. The molecule has 1 aliphatic rings. The molecule has 0 spiro atoms. The highest BCUT2D eigenvalue weighted by Crippen LogP contribution is 2.48. The first-order chi connectivity index (χ1) is 8.73. The van der Waals surface area contributed by atoms with Crippen LogP contribution in [0.15, 0.2) is 4.52 Å². The van der Waals surface area contributed by atoms with Crippen molar-refractivity contribution in [2.45, 2.75) is 38.5 Å². The van der Waals surface area contributed by atoms with Crippen LogP contribution in [0.5, 0.6) is 0 Å². The number of carbonyl (C=O) groups excluding carboxylic acids is 1. The molecule has 0 aromatic carbocycles. The highest BCUT2D eigenvalue weighted by Gasteiger charge is 2.57. The van der Waals surface area contributed by atoms with Crippen LogP contribution in [0.3, 0.4) is 0 Å². The van der Waals surface area contributed by atoms with Gasteiger partial charge in [-0.05, 0) is 26.7 Å². The minimum Gasteiger partial charge on any atom is -0.465 e. The highest BCUT2D eigenvalue weighted by atomic mass is 16.5. The van der Waals surface area contributed by atoms with Gasteiger partial charge in [-0.15, -0.1) is 0 Å². The van der Waals surface area contributed by atoms with Crippen LogP contribution in [-0.2, 0) is 26.1 Å². The number of esters is 1. The molecule has 1 aromatic heterocycles. The SMILES string of the molecule is CCOCCc1noc(C2(C(=O)OCC)CC2)n1. The van der Waals surface area contributed by atoms with Gasteiger partial charge >= 0.3 is 5.97 Å². The molecule has 0 bridgehead atoms. The van der Waals surface area contributed by atoms with E-state index in [0.29, 0.717) is 38.0 Å². The van der Waals surface area contributed by atoms with Crippen LogP contribution in [0.2, 0.25) is 0 Å². The average Bonchev–Trinajstić information content (AvgIpc) is 3.05. The Hall–Kier alpha value is -1.43. The summed E-state index contributed by atoms with van der Waals surface area (Å²) in [4.78, 5) is 16.1. The monoisotopic (exact) mass is 254 g/mol. The third-order valence-electron chi connectivity index (χ3n) is 2.97. The van der Waals surface area contributed by atoms with Crippen LogP contribution in [-0.4, -0.2) is 35.9 Å². The van der Waals surface area contributed by atoms with Crippen LogP contribution in [0.4, 0.5) is 0 Å². The largest absolute Gasteiger partial charge is 0.465 e. The molecule has 1 heterocycles. The van der Waals surface area contributed by atoms with Crippen LogP contribution < -0.4 is 0 Å². The Labute approximate surface area is 106 Å². The lowest BCUT2D eigenvalue weighted by molar-refractivity contribution is -0.146. The first kappa shape index (κ1) is 13.0. The van der Waals surface area contributed by atoms with Crippen molar-refractivity contribution in [1.82, 2.24) is 10.1 Å². The van der Waals surface area contributed by atoms with Crippen LogP contribution in [0.1, 0.15) is 38.4 Å². The maximum atomic E-state index is 11.8. The second-order valence-electron chi connectivity index (χ2n) is 4.27. The van der Waals surface area contributed by atoms with Crippen molar-refractivity contribution in [3.8, 4) is 0 Å². The lowest BCUT2D eigenvalue weighted by Gasteiger charge is -2.07. The van der Waals surface area contributed by atoms with Gasteiger partial charge in [-0.2, -0.15) is 4.98 Å². The van der Waals surface area contributed by atoms with E-state index in [4.69, 9.17) is 14.0 Å².